The highest BCUT2D eigenvalue weighted by Gasteiger charge is 2.21. The summed E-state index contributed by atoms with van der Waals surface area (Å²) in [5, 5.41) is 2.26. The molecule has 2 aromatic heterocycles. The summed E-state index contributed by atoms with van der Waals surface area (Å²) in [6.45, 7) is 0. The Morgan fingerprint density at radius 3 is 1.01 bits per heavy atom. The molecule has 0 unspecified atom stereocenters. The minimum absolute atomic E-state index is 0.616. The average molecular weight is 885 g/mol. The Labute approximate surface area is 401 Å². The molecular weight excluding hydrogens is 841 g/mol. The second-order valence-corrected chi connectivity index (χ2v) is 16.9. The summed E-state index contributed by atoms with van der Waals surface area (Å²) >= 11 is 0. The number of benzene rings is 10. The molecule has 6 nitrogen and oxygen atoms in total. The molecule has 12 rings (SSSR count). The molecule has 0 atom stereocenters. The van der Waals surface area contributed by atoms with E-state index in [1.807, 2.05) is 60.7 Å². The van der Waals surface area contributed by atoms with E-state index in [9.17, 15) is 0 Å². The first-order chi connectivity index (χ1) is 34.2. The molecule has 0 saturated heterocycles. The van der Waals surface area contributed by atoms with Crippen LogP contribution in [0, 0.1) is 0 Å². The van der Waals surface area contributed by atoms with Gasteiger partial charge in [0.1, 0.15) is 0 Å². The van der Waals surface area contributed by atoms with Crippen LogP contribution in [0.15, 0.2) is 267 Å². The van der Waals surface area contributed by atoms with Crippen LogP contribution in [-0.4, -0.2) is 19.5 Å². The Kier molecular flexibility index (Phi) is 10.8. The fourth-order valence-electron chi connectivity index (χ4n) is 9.33. The number of hydrogen-bond acceptors (Lipinski definition) is 5. The van der Waals surface area contributed by atoms with Crippen molar-refractivity contribution in [3.05, 3.63) is 267 Å². The molecule has 0 N–H and O–H groups in total. The Balaban J connectivity index is 1.04. The topological polar surface area (TPSA) is 50.1 Å². The lowest BCUT2D eigenvalue weighted by atomic mass is 10.0. The van der Waals surface area contributed by atoms with Crippen molar-refractivity contribution in [3.63, 3.8) is 0 Å². The molecular formula is C63H44N6. The van der Waals surface area contributed by atoms with Crippen LogP contribution >= 0.6 is 0 Å². The third kappa shape index (κ3) is 8.06. The summed E-state index contributed by atoms with van der Waals surface area (Å²) in [7, 11) is 0. The fourth-order valence-corrected chi connectivity index (χ4v) is 9.33. The van der Waals surface area contributed by atoms with E-state index >= 15 is 0 Å². The molecule has 0 spiro atoms. The average Bonchev–Trinajstić information content (AvgIpc) is 3.75. The molecule has 0 fully saturated rings. The normalized spacial score (nSPS) is 11.2. The monoisotopic (exact) mass is 884 g/mol. The largest absolute Gasteiger partial charge is 0.310 e. The number of para-hydroxylation sites is 3. The van der Waals surface area contributed by atoms with Gasteiger partial charge in [-0.25, -0.2) is 15.0 Å². The van der Waals surface area contributed by atoms with E-state index in [-0.39, 0.29) is 0 Å². The van der Waals surface area contributed by atoms with Crippen LogP contribution in [-0.2, 0) is 0 Å². The van der Waals surface area contributed by atoms with Crippen LogP contribution in [0.3, 0.4) is 0 Å². The number of nitrogens with zero attached hydrogens (tertiary/aromatic N) is 6. The van der Waals surface area contributed by atoms with Crippen LogP contribution in [0.2, 0.25) is 0 Å². The number of aromatic nitrogens is 4. The molecule has 6 heteroatoms. The maximum absolute atomic E-state index is 5.03. The SMILES string of the molecule is c1ccc(-c2cccc(N(c3ccccc3)c3ccc4c(c3)c3cc(N(c5ccccc5)c5ccccc5)ccc3n4-c3ccc(-c4nc(-c5ccccc5)nc(-c5ccccc5)n4)cc3)c2)cc1. The van der Waals surface area contributed by atoms with Crippen LogP contribution in [0.5, 0.6) is 0 Å². The van der Waals surface area contributed by atoms with Gasteiger partial charge in [0.15, 0.2) is 17.5 Å². The van der Waals surface area contributed by atoms with Gasteiger partial charge in [-0.3, -0.25) is 0 Å². The zero-order valence-corrected chi connectivity index (χ0v) is 37.6. The molecule has 326 valence electrons. The standard InChI is InChI=1S/C63H44N6/c1-7-20-45(21-8-1)49-26-19-33-54(42-49)68(52-31-17-6-18-32-52)56-39-41-60-58(44-56)57-43-55(67(50-27-13-4-14-28-50)51-29-15-5-16-30-51)38-40-59(57)69(60)53-36-34-48(35-37-53)63-65-61(46-22-9-2-10-23-46)64-62(66-63)47-24-11-3-12-25-47/h1-44H. The van der Waals surface area contributed by atoms with Gasteiger partial charge >= 0.3 is 0 Å². The van der Waals surface area contributed by atoms with Crippen LogP contribution < -0.4 is 9.80 Å². The van der Waals surface area contributed by atoms with Crippen molar-refractivity contribution in [2.45, 2.75) is 0 Å². The lowest BCUT2D eigenvalue weighted by Gasteiger charge is -2.26. The summed E-state index contributed by atoms with van der Waals surface area (Å²) < 4.78 is 2.37. The van der Waals surface area contributed by atoms with E-state index in [1.165, 1.54) is 5.56 Å². The summed E-state index contributed by atoms with van der Waals surface area (Å²) in [6, 6.07) is 93.7. The predicted octanol–water partition coefficient (Wildman–Crippen LogP) is 16.6. The van der Waals surface area contributed by atoms with E-state index in [2.05, 4.69) is 221 Å². The highest BCUT2D eigenvalue weighted by atomic mass is 15.2. The lowest BCUT2D eigenvalue weighted by molar-refractivity contribution is 1.07. The fraction of sp³-hybridized carbons (Fsp3) is 0. The number of anilines is 6. The molecule has 0 aliphatic carbocycles. The van der Waals surface area contributed by atoms with Crippen LogP contribution in [0.1, 0.15) is 0 Å². The lowest BCUT2D eigenvalue weighted by Crippen LogP contribution is -2.10. The summed E-state index contributed by atoms with van der Waals surface area (Å²) in [6.07, 6.45) is 0. The zero-order chi connectivity index (χ0) is 45.9. The Bertz CT molecular complexity index is 3600. The zero-order valence-electron chi connectivity index (χ0n) is 37.6. The molecule has 0 aliphatic heterocycles. The number of fused-ring (bicyclic) bond motifs is 3. The highest BCUT2D eigenvalue weighted by Crippen LogP contribution is 2.43. The van der Waals surface area contributed by atoms with Gasteiger partial charge in [-0.05, 0) is 120 Å². The predicted molar refractivity (Wildman–Crippen MR) is 285 cm³/mol. The summed E-state index contributed by atoms with van der Waals surface area (Å²) in [4.78, 5) is 19.7. The van der Waals surface area contributed by atoms with Crippen LogP contribution in [0.25, 0.3) is 72.8 Å². The third-order valence-corrected chi connectivity index (χ3v) is 12.6. The second kappa shape index (κ2) is 18.1. The minimum atomic E-state index is 0.616. The molecule has 0 amide bonds. The first-order valence-corrected chi connectivity index (χ1v) is 23.2. The maximum atomic E-state index is 5.03. The summed E-state index contributed by atoms with van der Waals surface area (Å²) in [5.74, 6) is 1.88. The van der Waals surface area contributed by atoms with Gasteiger partial charge in [0.25, 0.3) is 0 Å². The van der Waals surface area contributed by atoms with Crippen molar-refractivity contribution in [2.24, 2.45) is 0 Å². The first-order valence-electron chi connectivity index (χ1n) is 23.2. The van der Waals surface area contributed by atoms with E-state index in [1.54, 1.807) is 0 Å². The summed E-state index contributed by atoms with van der Waals surface area (Å²) in [5.41, 5.74) is 14.8. The van der Waals surface area contributed by atoms with Gasteiger partial charge in [-0.1, -0.05) is 158 Å². The van der Waals surface area contributed by atoms with Crippen molar-refractivity contribution in [3.8, 4) is 51.0 Å². The van der Waals surface area contributed by atoms with Crippen molar-refractivity contribution < 1.29 is 0 Å². The molecule has 0 radical (unpaired) electrons. The molecule has 2 heterocycles. The first kappa shape index (κ1) is 41.1. The van der Waals surface area contributed by atoms with Crippen molar-refractivity contribution in [1.82, 2.24) is 19.5 Å². The molecule has 69 heavy (non-hydrogen) atoms. The Morgan fingerprint density at radius 1 is 0.246 bits per heavy atom. The maximum Gasteiger partial charge on any atom is 0.164 e. The van der Waals surface area contributed by atoms with E-state index in [0.29, 0.717) is 17.5 Å². The minimum Gasteiger partial charge on any atom is -0.310 e. The van der Waals surface area contributed by atoms with Gasteiger partial charge in [0, 0.05) is 67.3 Å². The molecule has 10 aromatic carbocycles. The third-order valence-electron chi connectivity index (χ3n) is 12.6. The van der Waals surface area contributed by atoms with Gasteiger partial charge in [0.05, 0.1) is 11.0 Å². The van der Waals surface area contributed by atoms with Crippen molar-refractivity contribution >= 4 is 55.9 Å². The molecule has 12 aromatic rings. The van der Waals surface area contributed by atoms with E-state index in [0.717, 1.165) is 83.9 Å². The quantitative estimate of drug-likeness (QED) is 0.130. The van der Waals surface area contributed by atoms with E-state index in [4.69, 9.17) is 15.0 Å². The van der Waals surface area contributed by atoms with Gasteiger partial charge in [0.2, 0.25) is 0 Å². The Hall–Kier alpha value is -9.39. The highest BCUT2D eigenvalue weighted by molar-refractivity contribution is 6.12. The van der Waals surface area contributed by atoms with Gasteiger partial charge in [-0.2, -0.15) is 0 Å². The Morgan fingerprint density at radius 2 is 0.580 bits per heavy atom. The smallest absolute Gasteiger partial charge is 0.164 e. The van der Waals surface area contributed by atoms with Gasteiger partial charge in [-0.15, -0.1) is 0 Å². The van der Waals surface area contributed by atoms with Crippen molar-refractivity contribution in [2.75, 3.05) is 9.80 Å². The van der Waals surface area contributed by atoms with E-state index < -0.39 is 0 Å². The molecule has 0 aliphatic rings. The van der Waals surface area contributed by atoms with Crippen LogP contribution in [0.4, 0.5) is 34.1 Å². The number of hydrogen-bond donors (Lipinski definition) is 0. The number of rotatable bonds is 11. The second-order valence-electron chi connectivity index (χ2n) is 16.9. The molecule has 0 bridgehead atoms. The van der Waals surface area contributed by atoms with Crippen molar-refractivity contribution in [1.29, 1.82) is 0 Å². The molecule has 0 saturated carbocycles. The van der Waals surface area contributed by atoms with Gasteiger partial charge < -0.3 is 14.4 Å².